The SMILES string of the molecule is CC(Nc1nc2cc([N+](=O)[O-])ccc2o1)c1nccs1. The van der Waals surface area contributed by atoms with Gasteiger partial charge in [0.05, 0.1) is 11.0 Å². The number of hydrogen-bond donors (Lipinski definition) is 1. The van der Waals surface area contributed by atoms with Crippen LogP contribution in [0.5, 0.6) is 0 Å². The highest BCUT2D eigenvalue weighted by molar-refractivity contribution is 7.09. The van der Waals surface area contributed by atoms with E-state index in [1.54, 1.807) is 12.3 Å². The zero-order valence-electron chi connectivity index (χ0n) is 10.4. The Balaban J connectivity index is 1.87. The molecule has 7 nitrogen and oxygen atoms in total. The van der Waals surface area contributed by atoms with E-state index in [-0.39, 0.29) is 11.7 Å². The highest BCUT2D eigenvalue weighted by Gasteiger charge is 2.14. The number of nitrogens with zero attached hydrogens (tertiary/aromatic N) is 3. The van der Waals surface area contributed by atoms with Crippen molar-refractivity contribution in [2.75, 3.05) is 5.32 Å². The standard InChI is InChI=1S/C12H10N4O3S/c1-7(11-13-4-5-20-11)14-12-15-9-6-8(16(17)18)2-3-10(9)19-12/h2-7H,1H3,(H,14,15). The number of benzene rings is 1. The molecule has 0 radical (unpaired) electrons. The van der Waals surface area contributed by atoms with Crippen LogP contribution < -0.4 is 5.32 Å². The number of nitrogens with one attached hydrogen (secondary N) is 1. The number of nitro benzene ring substituents is 1. The first kappa shape index (κ1) is 12.5. The molecular weight excluding hydrogens is 280 g/mol. The largest absolute Gasteiger partial charge is 0.424 e. The van der Waals surface area contributed by atoms with Crippen LogP contribution in [0.15, 0.2) is 34.2 Å². The third-order valence-corrected chi connectivity index (χ3v) is 3.70. The average Bonchev–Trinajstić information content (AvgIpc) is 3.06. The molecule has 1 atom stereocenters. The maximum Gasteiger partial charge on any atom is 0.296 e. The van der Waals surface area contributed by atoms with Gasteiger partial charge in [-0.25, -0.2) is 4.98 Å². The van der Waals surface area contributed by atoms with E-state index < -0.39 is 4.92 Å². The summed E-state index contributed by atoms with van der Waals surface area (Å²) >= 11 is 1.53. The van der Waals surface area contributed by atoms with Gasteiger partial charge in [-0.15, -0.1) is 11.3 Å². The number of fused-ring (bicyclic) bond motifs is 1. The van der Waals surface area contributed by atoms with Crippen molar-refractivity contribution in [2.45, 2.75) is 13.0 Å². The van der Waals surface area contributed by atoms with Crippen LogP contribution in [0.4, 0.5) is 11.7 Å². The van der Waals surface area contributed by atoms with E-state index in [1.807, 2.05) is 12.3 Å². The number of anilines is 1. The van der Waals surface area contributed by atoms with E-state index in [0.717, 1.165) is 5.01 Å². The molecule has 1 aromatic carbocycles. The molecule has 0 aliphatic rings. The lowest BCUT2D eigenvalue weighted by Crippen LogP contribution is -2.05. The lowest BCUT2D eigenvalue weighted by Gasteiger charge is -2.07. The molecule has 0 aliphatic carbocycles. The Morgan fingerprint density at radius 2 is 2.35 bits per heavy atom. The van der Waals surface area contributed by atoms with Crippen molar-refractivity contribution in [3.8, 4) is 0 Å². The third kappa shape index (κ3) is 2.32. The van der Waals surface area contributed by atoms with E-state index in [4.69, 9.17) is 4.42 Å². The van der Waals surface area contributed by atoms with Crippen LogP contribution in [-0.4, -0.2) is 14.9 Å². The first-order valence-electron chi connectivity index (χ1n) is 5.84. The molecule has 1 unspecified atom stereocenters. The second-order valence-corrected chi connectivity index (χ2v) is 5.09. The number of aromatic nitrogens is 2. The van der Waals surface area contributed by atoms with Gasteiger partial charge in [0.15, 0.2) is 5.58 Å². The molecular formula is C12H10N4O3S. The molecule has 20 heavy (non-hydrogen) atoms. The monoisotopic (exact) mass is 290 g/mol. The van der Waals surface area contributed by atoms with Crippen LogP contribution in [0.3, 0.4) is 0 Å². The van der Waals surface area contributed by atoms with Gasteiger partial charge >= 0.3 is 0 Å². The fourth-order valence-electron chi connectivity index (χ4n) is 1.79. The van der Waals surface area contributed by atoms with Crippen molar-refractivity contribution in [3.05, 3.63) is 44.9 Å². The molecule has 0 amide bonds. The van der Waals surface area contributed by atoms with Gasteiger partial charge in [0.1, 0.15) is 10.5 Å². The summed E-state index contributed by atoms with van der Waals surface area (Å²) in [6.07, 6.45) is 1.73. The van der Waals surface area contributed by atoms with Crippen molar-refractivity contribution in [1.29, 1.82) is 0 Å². The predicted molar refractivity (Wildman–Crippen MR) is 74.8 cm³/mol. The molecule has 1 N–H and O–H groups in total. The topological polar surface area (TPSA) is 94.1 Å². The average molecular weight is 290 g/mol. The molecule has 102 valence electrons. The highest BCUT2D eigenvalue weighted by atomic mass is 32.1. The lowest BCUT2D eigenvalue weighted by molar-refractivity contribution is -0.384. The molecule has 0 saturated heterocycles. The Morgan fingerprint density at radius 3 is 3.05 bits per heavy atom. The van der Waals surface area contributed by atoms with Gasteiger partial charge in [0.2, 0.25) is 0 Å². The van der Waals surface area contributed by atoms with Crippen molar-refractivity contribution >= 4 is 34.1 Å². The minimum absolute atomic E-state index is 0.00896. The second kappa shape index (κ2) is 4.89. The number of non-ortho nitro benzene ring substituents is 1. The van der Waals surface area contributed by atoms with E-state index in [9.17, 15) is 10.1 Å². The summed E-state index contributed by atoms with van der Waals surface area (Å²) in [6, 6.07) is 4.60. The van der Waals surface area contributed by atoms with Crippen LogP contribution in [0.2, 0.25) is 0 Å². The van der Waals surface area contributed by atoms with E-state index in [0.29, 0.717) is 17.1 Å². The smallest absolute Gasteiger partial charge is 0.296 e. The van der Waals surface area contributed by atoms with Crippen LogP contribution >= 0.6 is 11.3 Å². The van der Waals surface area contributed by atoms with Gasteiger partial charge in [0.25, 0.3) is 11.7 Å². The van der Waals surface area contributed by atoms with E-state index in [1.165, 1.54) is 23.5 Å². The van der Waals surface area contributed by atoms with Crippen LogP contribution in [-0.2, 0) is 0 Å². The van der Waals surface area contributed by atoms with Crippen molar-refractivity contribution in [3.63, 3.8) is 0 Å². The molecule has 3 rings (SSSR count). The summed E-state index contributed by atoms with van der Waals surface area (Å²) in [5, 5.41) is 16.6. The quantitative estimate of drug-likeness (QED) is 0.584. The number of thiazole rings is 1. The fourth-order valence-corrected chi connectivity index (χ4v) is 2.43. The molecule has 0 saturated carbocycles. The van der Waals surface area contributed by atoms with Gasteiger partial charge in [-0.05, 0) is 13.0 Å². The summed E-state index contributed by atoms with van der Waals surface area (Å²) in [7, 11) is 0. The number of rotatable bonds is 4. The molecule has 8 heteroatoms. The van der Waals surface area contributed by atoms with Crippen LogP contribution in [0, 0.1) is 10.1 Å². The summed E-state index contributed by atoms with van der Waals surface area (Å²) in [5.41, 5.74) is 0.947. The second-order valence-electron chi connectivity index (χ2n) is 4.16. The molecule has 0 spiro atoms. The van der Waals surface area contributed by atoms with Gasteiger partial charge in [-0.1, -0.05) is 0 Å². The van der Waals surface area contributed by atoms with Gasteiger partial charge < -0.3 is 9.73 Å². The molecule has 2 heterocycles. The Labute approximate surface area is 117 Å². The third-order valence-electron chi connectivity index (χ3n) is 2.74. The van der Waals surface area contributed by atoms with Crippen LogP contribution in [0.25, 0.3) is 11.1 Å². The van der Waals surface area contributed by atoms with Crippen molar-refractivity contribution in [2.24, 2.45) is 0 Å². The number of nitro groups is 1. The maximum absolute atomic E-state index is 10.7. The molecule has 0 bridgehead atoms. The van der Waals surface area contributed by atoms with Gasteiger partial charge in [-0.2, -0.15) is 4.98 Å². The minimum Gasteiger partial charge on any atom is -0.424 e. The summed E-state index contributed by atoms with van der Waals surface area (Å²) in [6.45, 7) is 1.94. The van der Waals surface area contributed by atoms with Crippen molar-refractivity contribution < 1.29 is 9.34 Å². The zero-order chi connectivity index (χ0) is 14.1. The first-order chi connectivity index (χ1) is 9.63. The summed E-state index contributed by atoms with van der Waals surface area (Å²) < 4.78 is 5.50. The van der Waals surface area contributed by atoms with E-state index >= 15 is 0 Å². The lowest BCUT2D eigenvalue weighted by atomic mass is 10.3. The normalized spacial score (nSPS) is 12.4. The maximum atomic E-state index is 10.7. The first-order valence-corrected chi connectivity index (χ1v) is 6.72. The summed E-state index contributed by atoms with van der Waals surface area (Å²) in [5.74, 6) is 0. The Hall–Kier alpha value is -2.48. The van der Waals surface area contributed by atoms with Crippen molar-refractivity contribution in [1.82, 2.24) is 9.97 Å². The molecule has 0 fully saturated rings. The predicted octanol–water partition coefficient (Wildman–Crippen LogP) is 3.37. The fraction of sp³-hybridized carbons (Fsp3) is 0.167. The Morgan fingerprint density at radius 1 is 1.50 bits per heavy atom. The number of hydrogen-bond acceptors (Lipinski definition) is 7. The Bertz CT molecular complexity index is 753. The molecule has 3 aromatic rings. The van der Waals surface area contributed by atoms with E-state index in [2.05, 4.69) is 15.3 Å². The molecule has 0 aliphatic heterocycles. The van der Waals surface area contributed by atoms with Crippen LogP contribution in [0.1, 0.15) is 18.0 Å². The number of oxazole rings is 1. The highest BCUT2D eigenvalue weighted by Crippen LogP contribution is 2.26. The molecule has 2 aromatic heterocycles. The Kier molecular flexibility index (Phi) is 3.07. The van der Waals surface area contributed by atoms with Gasteiger partial charge in [-0.3, -0.25) is 10.1 Å². The zero-order valence-corrected chi connectivity index (χ0v) is 11.3. The summed E-state index contributed by atoms with van der Waals surface area (Å²) in [4.78, 5) is 18.7. The minimum atomic E-state index is -0.459. The van der Waals surface area contributed by atoms with Gasteiger partial charge in [0, 0.05) is 23.7 Å².